The van der Waals surface area contributed by atoms with Crippen LogP contribution in [0.5, 0.6) is 0 Å². The van der Waals surface area contributed by atoms with Crippen molar-refractivity contribution < 1.29 is 0 Å². The molecule has 1 unspecified atom stereocenters. The number of rotatable bonds is 0. The maximum Gasteiger partial charge on any atom is 0.272 e. The topological polar surface area (TPSA) is 37.8 Å². The number of aryl methyl sites for hydroxylation is 1. The predicted molar refractivity (Wildman–Crippen MR) is 34.9 cm³/mol. The van der Waals surface area contributed by atoms with E-state index >= 15 is 0 Å². The normalized spacial score (nSPS) is 9.75. The molecule has 0 aliphatic heterocycles. The maximum absolute atomic E-state index is 10.7. The third kappa shape index (κ3) is 0.693. The maximum atomic E-state index is 10.7. The van der Waals surface area contributed by atoms with Gasteiger partial charge in [0.25, 0.3) is 5.56 Å². The molecular formula is C4H7N2OP. The number of aromatic amines is 1. The standard InChI is InChI=1S/C4H7N2OP/c1-3-2-5-6(8)4(3)7/h2,5H,8H2,1H3. The fraction of sp³-hybridized carbons (Fsp3) is 0.250. The number of hydrogen-bond donors (Lipinski definition) is 1. The fourth-order valence-electron chi connectivity index (χ4n) is 0.477. The van der Waals surface area contributed by atoms with Crippen molar-refractivity contribution in [2.75, 3.05) is 0 Å². The molecule has 1 aromatic rings. The largest absolute Gasteiger partial charge is 0.300 e. The van der Waals surface area contributed by atoms with E-state index in [1.807, 2.05) is 0 Å². The molecule has 0 fully saturated rings. The van der Waals surface area contributed by atoms with Gasteiger partial charge in [-0.2, -0.15) is 0 Å². The summed E-state index contributed by atoms with van der Waals surface area (Å²) in [6, 6.07) is 0. The summed E-state index contributed by atoms with van der Waals surface area (Å²) in [6.45, 7) is 1.76. The van der Waals surface area contributed by atoms with E-state index in [-0.39, 0.29) is 5.56 Å². The molecule has 0 aliphatic rings. The van der Waals surface area contributed by atoms with E-state index in [1.165, 1.54) is 4.45 Å². The average Bonchev–Trinajstić information content (AvgIpc) is 1.98. The number of H-pyrrole nitrogens is 1. The van der Waals surface area contributed by atoms with Crippen LogP contribution in [-0.2, 0) is 0 Å². The minimum absolute atomic E-state index is 0.00926. The van der Waals surface area contributed by atoms with E-state index in [1.54, 1.807) is 13.1 Å². The van der Waals surface area contributed by atoms with Crippen LogP contribution in [0.25, 0.3) is 0 Å². The lowest BCUT2D eigenvalue weighted by Gasteiger charge is -1.80. The summed E-state index contributed by atoms with van der Waals surface area (Å²) >= 11 is 0. The molecule has 4 heteroatoms. The van der Waals surface area contributed by atoms with Gasteiger partial charge in [0.15, 0.2) is 0 Å². The molecule has 0 spiro atoms. The SMILES string of the molecule is Cc1c[nH]n(P)c1=O. The first-order valence-corrected chi connectivity index (χ1v) is 2.75. The minimum Gasteiger partial charge on any atom is -0.300 e. The van der Waals surface area contributed by atoms with E-state index < -0.39 is 0 Å². The number of nitrogens with zero attached hydrogens (tertiary/aromatic N) is 1. The molecule has 44 valence electrons. The van der Waals surface area contributed by atoms with Crippen LogP contribution in [0.1, 0.15) is 5.56 Å². The van der Waals surface area contributed by atoms with Crippen LogP contribution in [0, 0.1) is 6.92 Å². The van der Waals surface area contributed by atoms with E-state index in [9.17, 15) is 4.79 Å². The Labute approximate surface area is 49.0 Å². The summed E-state index contributed by atoms with van der Waals surface area (Å²) in [7, 11) is 2.26. The van der Waals surface area contributed by atoms with Crippen molar-refractivity contribution in [2.45, 2.75) is 6.92 Å². The van der Waals surface area contributed by atoms with Crippen LogP contribution in [0.15, 0.2) is 11.0 Å². The minimum atomic E-state index is 0.00926. The third-order valence-corrected chi connectivity index (χ3v) is 1.36. The van der Waals surface area contributed by atoms with Gasteiger partial charge < -0.3 is 0 Å². The van der Waals surface area contributed by atoms with Gasteiger partial charge in [0.2, 0.25) is 0 Å². The molecule has 0 saturated carbocycles. The quantitative estimate of drug-likeness (QED) is 0.498. The zero-order valence-electron chi connectivity index (χ0n) is 4.51. The van der Waals surface area contributed by atoms with Crippen molar-refractivity contribution in [1.82, 2.24) is 9.55 Å². The molecule has 0 aromatic carbocycles. The molecule has 1 atom stereocenters. The van der Waals surface area contributed by atoms with Crippen molar-refractivity contribution in [3.05, 3.63) is 22.1 Å². The summed E-state index contributed by atoms with van der Waals surface area (Å²) in [5, 5.41) is 2.70. The molecule has 0 amide bonds. The number of hydrogen-bond acceptors (Lipinski definition) is 1. The van der Waals surface area contributed by atoms with Crippen LogP contribution < -0.4 is 5.56 Å². The summed E-state index contributed by atoms with van der Waals surface area (Å²) in [5.41, 5.74) is 0.745. The van der Waals surface area contributed by atoms with Gasteiger partial charge in [-0.05, 0) is 16.3 Å². The first-order valence-electron chi connectivity index (χ1n) is 2.24. The Kier molecular flexibility index (Phi) is 1.22. The second kappa shape index (κ2) is 1.75. The van der Waals surface area contributed by atoms with Gasteiger partial charge in [-0.15, -0.1) is 0 Å². The van der Waals surface area contributed by atoms with Crippen molar-refractivity contribution >= 4 is 9.39 Å². The molecule has 1 aromatic heterocycles. The van der Waals surface area contributed by atoms with Crippen molar-refractivity contribution in [1.29, 1.82) is 0 Å². The lowest BCUT2D eigenvalue weighted by Crippen LogP contribution is -2.07. The molecular weight excluding hydrogens is 123 g/mol. The van der Waals surface area contributed by atoms with Crippen molar-refractivity contribution in [3.63, 3.8) is 0 Å². The summed E-state index contributed by atoms with van der Waals surface area (Å²) in [5.74, 6) is 0. The summed E-state index contributed by atoms with van der Waals surface area (Å²) in [6.07, 6.45) is 1.66. The van der Waals surface area contributed by atoms with Gasteiger partial charge >= 0.3 is 0 Å². The highest BCUT2D eigenvalue weighted by Crippen LogP contribution is 1.86. The first-order chi connectivity index (χ1) is 3.72. The predicted octanol–water partition coefficient (Wildman–Crippen LogP) is 0.123. The van der Waals surface area contributed by atoms with Crippen LogP contribution in [-0.4, -0.2) is 9.55 Å². The number of aromatic nitrogens is 2. The van der Waals surface area contributed by atoms with Gasteiger partial charge in [-0.3, -0.25) is 9.89 Å². The Morgan fingerprint density at radius 3 is 2.62 bits per heavy atom. The highest BCUT2D eigenvalue weighted by Gasteiger charge is 1.92. The highest BCUT2D eigenvalue weighted by molar-refractivity contribution is 7.14. The van der Waals surface area contributed by atoms with Crippen LogP contribution in [0.3, 0.4) is 0 Å². The Morgan fingerprint density at radius 2 is 2.50 bits per heavy atom. The Balaban J connectivity index is 3.42. The van der Waals surface area contributed by atoms with Crippen molar-refractivity contribution in [2.24, 2.45) is 0 Å². The van der Waals surface area contributed by atoms with Gasteiger partial charge in [0.1, 0.15) is 0 Å². The first kappa shape index (κ1) is 5.57. The Morgan fingerprint density at radius 1 is 1.88 bits per heavy atom. The Bertz CT molecular complexity index is 214. The molecule has 0 bridgehead atoms. The second-order valence-corrected chi connectivity index (χ2v) is 2.15. The molecule has 0 saturated heterocycles. The average molecular weight is 130 g/mol. The van der Waals surface area contributed by atoms with Gasteiger partial charge in [0.05, 0.1) is 0 Å². The molecule has 1 heterocycles. The monoisotopic (exact) mass is 130 g/mol. The highest BCUT2D eigenvalue weighted by atomic mass is 31.0. The second-order valence-electron chi connectivity index (χ2n) is 1.63. The Hall–Kier alpha value is -0.560. The molecule has 1 N–H and O–H groups in total. The van der Waals surface area contributed by atoms with E-state index in [4.69, 9.17) is 0 Å². The molecule has 0 radical (unpaired) electrons. The van der Waals surface area contributed by atoms with Crippen LogP contribution >= 0.6 is 9.39 Å². The molecule has 0 aliphatic carbocycles. The third-order valence-electron chi connectivity index (χ3n) is 0.976. The van der Waals surface area contributed by atoms with E-state index in [0.29, 0.717) is 0 Å². The van der Waals surface area contributed by atoms with Crippen molar-refractivity contribution in [3.8, 4) is 0 Å². The zero-order chi connectivity index (χ0) is 6.15. The van der Waals surface area contributed by atoms with Crippen LogP contribution in [0.4, 0.5) is 0 Å². The van der Waals surface area contributed by atoms with Gasteiger partial charge in [-0.25, -0.2) is 4.45 Å². The smallest absolute Gasteiger partial charge is 0.272 e. The summed E-state index contributed by atoms with van der Waals surface area (Å²) in [4.78, 5) is 10.7. The lowest BCUT2D eigenvalue weighted by atomic mass is 10.4. The zero-order valence-corrected chi connectivity index (χ0v) is 5.66. The molecule has 3 nitrogen and oxygen atoms in total. The van der Waals surface area contributed by atoms with Gasteiger partial charge in [0, 0.05) is 11.8 Å². The lowest BCUT2D eigenvalue weighted by molar-refractivity contribution is 0.975. The van der Waals surface area contributed by atoms with E-state index in [2.05, 4.69) is 14.5 Å². The summed E-state index contributed by atoms with van der Waals surface area (Å²) < 4.78 is 1.36. The van der Waals surface area contributed by atoms with Crippen LogP contribution in [0.2, 0.25) is 0 Å². The van der Waals surface area contributed by atoms with Gasteiger partial charge in [-0.1, -0.05) is 0 Å². The molecule has 1 rings (SSSR count). The van der Waals surface area contributed by atoms with E-state index in [0.717, 1.165) is 5.56 Å². The number of nitrogens with one attached hydrogen (secondary N) is 1. The fourth-order valence-corrected chi connectivity index (χ4v) is 0.755. The molecule has 8 heavy (non-hydrogen) atoms.